The molecule has 0 aromatic heterocycles. The third kappa shape index (κ3) is 1.43. The summed E-state index contributed by atoms with van der Waals surface area (Å²) >= 11 is 0. The third-order valence-corrected chi connectivity index (χ3v) is 1.96. The molecule has 1 rings (SSSR count). The molecule has 0 unspecified atom stereocenters. The first-order chi connectivity index (χ1) is 4.27. The second-order valence-electron chi connectivity index (χ2n) is 3.07. The van der Waals surface area contributed by atoms with E-state index >= 15 is 0 Å². The average Bonchev–Trinajstić information content (AvgIpc) is 2.16. The van der Waals surface area contributed by atoms with Crippen LogP contribution in [-0.2, 0) is 0 Å². The van der Waals surface area contributed by atoms with Gasteiger partial charge in [0.2, 0.25) is 0 Å². The monoisotopic (exact) mass is 124 g/mol. The van der Waals surface area contributed by atoms with Gasteiger partial charge < -0.3 is 5.32 Å². The van der Waals surface area contributed by atoms with Crippen molar-refractivity contribution in [2.45, 2.75) is 19.8 Å². The zero-order chi connectivity index (χ0) is 6.74. The zero-order valence-electron chi connectivity index (χ0n) is 5.78. The maximum atomic E-state index is 8.41. The van der Waals surface area contributed by atoms with Crippen LogP contribution < -0.4 is 5.32 Å². The van der Waals surface area contributed by atoms with E-state index in [9.17, 15) is 0 Å². The molecule has 0 aliphatic carbocycles. The number of nitrogens with one attached hydrogen (secondary N) is 1. The van der Waals surface area contributed by atoms with Crippen molar-refractivity contribution in [3.8, 4) is 6.07 Å². The lowest BCUT2D eigenvalue weighted by molar-refractivity contribution is 0.375. The van der Waals surface area contributed by atoms with Gasteiger partial charge >= 0.3 is 0 Å². The van der Waals surface area contributed by atoms with Gasteiger partial charge in [0, 0.05) is 13.0 Å². The minimum absolute atomic E-state index is 0.273. The molecule has 1 N–H and O–H groups in total. The normalized spacial score (nSPS) is 34.2. The molecule has 0 aromatic carbocycles. The van der Waals surface area contributed by atoms with Gasteiger partial charge in [-0.15, -0.1) is 0 Å². The van der Waals surface area contributed by atoms with Gasteiger partial charge in [-0.3, -0.25) is 0 Å². The standard InChI is InChI=1S/C7H12N2/c1-7(2-4-8)3-5-9-6-7/h9H,2-3,5-6H2,1H3/t7-/m1/s1. The lowest BCUT2D eigenvalue weighted by Crippen LogP contribution is -2.18. The van der Waals surface area contributed by atoms with E-state index in [1.807, 2.05) is 0 Å². The van der Waals surface area contributed by atoms with Gasteiger partial charge in [-0.25, -0.2) is 0 Å². The Hall–Kier alpha value is -0.550. The number of nitrogens with zero attached hydrogens (tertiary/aromatic N) is 1. The highest BCUT2D eigenvalue weighted by molar-refractivity contribution is 4.91. The van der Waals surface area contributed by atoms with Gasteiger partial charge in [0.05, 0.1) is 6.07 Å². The fraction of sp³-hybridized carbons (Fsp3) is 0.857. The highest BCUT2D eigenvalue weighted by Crippen LogP contribution is 2.27. The fourth-order valence-electron chi connectivity index (χ4n) is 1.21. The highest BCUT2D eigenvalue weighted by Gasteiger charge is 2.27. The van der Waals surface area contributed by atoms with Crippen molar-refractivity contribution in [1.29, 1.82) is 5.26 Å². The van der Waals surface area contributed by atoms with Crippen LogP contribution in [0.25, 0.3) is 0 Å². The Kier molecular flexibility index (Phi) is 1.73. The molecule has 1 atom stereocenters. The summed E-state index contributed by atoms with van der Waals surface area (Å²) in [7, 11) is 0. The third-order valence-electron chi connectivity index (χ3n) is 1.96. The predicted octanol–water partition coefficient (Wildman–Crippen LogP) is 0.900. The number of hydrogen-bond donors (Lipinski definition) is 1. The first kappa shape index (κ1) is 6.57. The van der Waals surface area contributed by atoms with E-state index in [1.54, 1.807) is 0 Å². The minimum Gasteiger partial charge on any atom is -0.316 e. The number of nitriles is 1. The molecule has 1 saturated heterocycles. The molecule has 1 fully saturated rings. The largest absolute Gasteiger partial charge is 0.316 e. The average molecular weight is 124 g/mol. The van der Waals surface area contributed by atoms with Crippen LogP contribution in [0.5, 0.6) is 0 Å². The summed E-state index contributed by atoms with van der Waals surface area (Å²) in [6.45, 7) is 4.26. The summed E-state index contributed by atoms with van der Waals surface area (Å²) in [5.41, 5.74) is 0.273. The maximum absolute atomic E-state index is 8.41. The SMILES string of the molecule is C[C@@]1(CC#N)CCNC1. The van der Waals surface area contributed by atoms with Crippen molar-refractivity contribution in [3.05, 3.63) is 0 Å². The van der Waals surface area contributed by atoms with Gasteiger partial charge in [0.25, 0.3) is 0 Å². The van der Waals surface area contributed by atoms with E-state index in [2.05, 4.69) is 18.3 Å². The first-order valence-electron chi connectivity index (χ1n) is 3.34. The molecule has 9 heavy (non-hydrogen) atoms. The summed E-state index contributed by atoms with van der Waals surface area (Å²) < 4.78 is 0. The Morgan fingerprint density at radius 1 is 1.78 bits per heavy atom. The second kappa shape index (κ2) is 2.36. The Morgan fingerprint density at radius 3 is 3.00 bits per heavy atom. The molecule has 2 heteroatoms. The lowest BCUT2D eigenvalue weighted by Gasteiger charge is -2.16. The van der Waals surface area contributed by atoms with Crippen LogP contribution in [0.1, 0.15) is 19.8 Å². The van der Waals surface area contributed by atoms with E-state index in [0.717, 1.165) is 19.5 Å². The van der Waals surface area contributed by atoms with Crippen LogP contribution in [0, 0.1) is 16.7 Å². The summed E-state index contributed by atoms with van der Waals surface area (Å²) in [6, 6.07) is 2.21. The Bertz CT molecular complexity index is 128. The van der Waals surface area contributed by atoms with Gasteiger partial charge in [-0.05, 0) is 18.4 Å². The fourth-order valence-corrected chi connectivity index (χ4v) is 1.21. The summed E-state index contributed by atoms with van der Waals surface area (Å²) in [6.07, 6.45) is 1.85. The molecule has 1 aliphatic rings. The molecule has 2 nitrogen and oxygen atoms in total. The summed E-state index contributed by atoms with van der Waals surface area (Å²) in [5.74, 6) is 0. The molecule has 0 saturated carbocycles. The number of rotatable bonds is 1. The second-order valence-corrected chi connectivity index (χ2v) is 3.07. The van der Waals surface area contributed by atoms with Gasteiger partial charge in [-0.1, -0.05) is 6.92 Å². The van der Waals surface area contributed by atoms with Crippen molar-refractivity contribution in [2.75, 3.05) is 13.1 Å². The van der Waals surface area contributed by atoms with E-state index in [0.29, 0.717) is 6.42 Å². The quantitative estimate of drug-likeness (QED) is 0.563. The Balaban J connectivity index is 2.43. The maximum Gasteiger partial charge on any atom is 0.0627 e. The molecule has 1 heterocycles. The van der Waals surface area contributed by atoms with Crippen molar-refractivity contribution in [3.63, 3.8) is 0 Å². The minimum atomic E-state index is 0.273. The van der Waals surface area contributed by atoms with Gasteiger partial charge in [0.15, 0.2) is 0 Å². The Morgan fingerprint density at radius 2 is 2.56 bits per heavy atom. The van der Waals surface area contributed by atoms with Crippen LogP contribution in [0.3, 0.4) is 0 Å². The first-order valence-corrected chi connectivity index (χ1v) is 3.34. The van der Waals surface area contributed by atoms with Crippen LogP contribution in [0.4, 0.5) is 0 Å². The lowest BCUT2D eigenvalue weighted by atomic mass is 9.87. The van der Waals surface area contributed by atoms with Crippen LogP contribution in [-0.4, -0.2) is 13.1 Å². The number of hydrogen-bond acceptors (Lipinski definition) is 2. The van der Waals surface area contributed by atoms with E-state index in [-0.39, 0.29) is 5.41 Å². The molecule has 0 aromatic rings. The van der Waals surface area contributed by atoms with Gasteiger partial charge in [-0.2, -0.15) is 5.26 Å². The van der Waals surface area contributed by atoms with Crippen molar-refractivity contribution < 1.29 is 0 Å². The molecule has 0 bridgehead atoms. The van der Waals surface area contributed by atoms with Crippen LogP contribution in [0.15, 0.2) is 0 Å². The van der Waals surface area contributed by atoms with Crippen molar-refractivity contribution in [1.82, 2.24) is 5.32 Å². The molecular formula is C7H12N2. The topological polar surface area (TPSA) is 35.8 Å². The van der Waals surface area contributed by atoms with Crippen LogP contribution in [0.2, 0.25) is 0 Å². The van der Waals surface area contributed by atoms with Crippen molar-refractivity contribution in [2.24, 2.45) is 5.41 Å². The van der Waals surface area contributed by atoms with Crippen LogP contribution >= 0.6 is 0 Å². The zero-order valence-corrected chi connectivity index (χ0v) is 5.78. The molecule has 0 amide bonds. The molecular weight excluding hydrogens is 112 g/mol. The van der Waals surface area contributed by atoms with Gasteiger partial charge in [0.1, 0.15) is 0 Å². The Labute approximate surface area is 55.9 Å². The molecule has 0 spiro atoms. The van der Waals surface area contributed by atoms with Crippen molar-refractivity contribution >= 4 is 0 Å². The highest BCUT2D eigenvalue weighted by atomic mass is 14.9. The molecule has 0 radical (unpaired) electrons. The summed E-state index contributed by atoms with van der Waals surface area (Å²) in [5, 5.41) is 11.7. The molecule has 50 valence electrons. The predicted molar refractivity (Wildman–Crippen MR) is 35.8 cm³/mol. The smallest absolute Gasteiger partial charge is 0.0627 e. The van der Waals surface area contributed by atoms with E-state index in [4.69, 9.17) is 5.26 Å². The molecule has 1 aliphatic heterocycles. The van der Waals surface area contributed by atoms with E-state index in [1.165, 1.54) is 0 Å². The van der Waals surface area contributed by atoms with E-state index < -0.39 is 0 Å². The summed E-state index contributed by atoms with van der Waals surface area (Å²) in [4.78, 5) is 0.